The summed E-state index contributed by atoms with van der Waals surface area (Å²) in [5.74, 6) is -1.25. The number of phenols is 1. The minimum Gasteiger partial charge on any atom is -0.505 e. The number of aromatic hydroxyl groups is 1. The zero-order valence-corrected chi connectivity index (χ0v) is 29.0. The van der Waals surface area contributed by atoms with E-state index in [4.69, 9.17) is 5.73 Å². The van der Waals surface area contributed by atoms with Gasteiger partial charge in [-0.1, -0.05) is 30.3 Å². The van der Waals surface area contributed by atoms with Gasteiger partial charge in [0.25, 0.3) is 36.3 Å². The summed E-state index contributed by atoms with van der Waals surface area (Å²) in [5.41, 5.74) is 5.68. The quantitative estimate of drug-likeness (QED) is 0.0487. The highest BCUT2D eigenvalue weighted by Crippen LogP contribution is 2.44. The Kier molecular flexibility index (Phi) is 9.51. The molecule has 53 heavy (non-hydrogen) atoms. The van der Waals surface area contributed by atoms with Crippen molar-refractivity contribution in [1.82, 2.24) is 0 Å². The lowest BCUT2D eigenvalue weighted by Gasteiger charge is -2.11. The Balaban J connectivity index is 1.43. The van der Waals surface area contributed by atoms with Crippen molar-refractivity contribution >= 4 is 91.9 Å². The molecular formula is C33H24N6O11S3. The largest absolute Gasteiger partial charge is 0.505 e. The molecule has 17 nitrogen and oxygen atoms in total. The molecule has 0 aliphatic carbocycles. The summed E-state index contributed by atoms with van der Waals surface area (Å²) in [6.45, 7) is 0. The molecule has 0 saturated carbocycles. The van der Waals surface area contributed by atoms with E-state index in [1.54, 1.807) is 54.6 Å². The second-order valence-electron chi connectivity index (χ2n) is 11.2. The second-order valence-corrected chi connectivity index (χ2v) is 15.4. The van der Waals surface area contributed by atoms with E-state index in [0.717, 1.165) is 30.3 Å². The van der Waals surface area contributed by atoms with Gasteiger partial charge < -0.3 is 16.2 Å². The number of nitrogens with zero attached hydrogens (tertiary/aromatic N) is 4. The van der Waals surface area contributed by atoms with Crippen LogP contribution >= 0.6 is 0 Å². The number of azo groups is 2. The first-order valence-corrected chi connectivity index (χ1v) is 19.1. The molecule has 0 aliphatic heterocycles. The third-order valence-corrected chi connectivity index (χ3v) is 10.3. The Bertz CT molecular complexity index is 2880. The van der Waals surface area contributed by atoms with Crippen LogP contribution in [-0.2, 0) is 30.4 Å². The number of carbonyl (C=O) groups excluding carboxylic acids is 1. The van der Waals surface area contributed by atoms with Crippen LogP contribution in [0.1, 0.15) is 10.4 Å². The molecule has 0 aromatic heterocycles. The van der Waals surface area contributed by atoms with Crippen LogP contribution in [0.3, 0.4) is 0 Å². The first-order chi connectivity index (χ1) is 24.9. The maximum absolute atomic E-state index is 12.6. The molecule has 270 valence electrons. The van der Waals surface area contributed by atoms with Crippen LogP contribution in [0, 0.1) is 0 Å². The van der Waals surface area contributed by atoms with E-state index in [2.05, 4.69) is 25.8 Å². The van der Waals surface area contributed by atoms with Gasteiger partial charge in [0, 0.05) is 27.4 Å². The molecule has 0 aliphatic rings. The molecule has 0 heterocycles. The molecule has 1 amide bonds. The molecule has 0 radical (unpaired) electrons. The molecule has 0 unspecified atom stereocenters. The van der Waals surface area contributed by atoms with Crippen LogP contribution in [0.2, 0.25) is 0 Å². The number of anilines is 2. The number of phenolic OH excluding ortho intramolecular Hbond substituents is 1. The molecular weight excluding hydrogens is 753 g/mol. The third-order valence-electron chi connectivity index (χ3n) is 7.65. The lowest BCUT2D eigenvalue weighted by molar-refractivity contribution is 0.102. The smallest absolute Gasteiger partial charge is 0.296 e. The van der Waals surface area contributed by atoms with Crippen LogP contribution in [0.25, 0.3) is 21.5 Å². The first kappa shape index (κ1) is 36.6. The van der Waals surface area contributed by atoms with E-state index in [1.807, 2.05) is 0 Å². The lowest BCUT2D eigenvalue weighted by Crippen LogP contribution is -2.11. The Hall–Kier alpha value is -6.16. The maximum atomic E-state index is 12.6. The molecule has 0 bridgehead atoms. The summed E-state index contributed by atoms with van der Waals surface area (Å²) in [7, 11) is -14.8. The molecule has 7 N–H and O–H groups in total. The van der Waals surface area contributed by atoms with Gasteiger partial charge in [0.2, 0.25) is 0 Å². The van der Waals surface area contributed by atoms with E-state index in [-0.39, 0.29) is 38.8 Å². The third kappa shape index (κ3) is 7.86. The summed E-state index contributed by atoms with van der Waals surface area (Å²) in [4.78, 5) is 10.3. The predicted octanol–water partition coefficient (Wildman–Crippen LogP) is 7.10. The van der Waals surface area contributed by atoms with Crippen LogP contribution < -0.4 is 11.1 Å². The fourth-order valence-corrected chi connectivity index (χ4v) is 6.99. The molecule has 0 saturated heterocycles. The highest BCUT2D eigenvalue weighted by molar-refractivity contribution is 7.86. The van der Waals surface area contributed by atoms with Crippen molar-refractivity contribution < 1.29 is 48.8 Å². The van der Waals surface area contributed by atoms with Crippen molar-refractivity contribution in [3.8, 4) is 5.75 Å². The van der Waals surface area contributed by atoms with Gasteiger partial charge in [0.05, 0.1) is 27.6 Å². The maximum Gasteiger partial charge on any atom is 0.296 e. The Labute approximate surface area is 300 Å². The van der Waals surface area contributed by atoms with Gasteiger partial charge in [-0.25, -0.2) is 0 Å². The van der Waals surface area contributed by atoms with E-state index in [0.29, 0.717) is 16.9 Å². The standard InChI is InChI=1S/C33H24N6O11S3/c34-26-17-24-19(13-29(26)52(45,46)47)14-30(53(48,49)50)31(32(24)40)39-38-28-12-11-27(23-10-9-22(16-25(23)28)51(42,43)44)37-36-21-8-4-7-20(15-21)35-33(41)18-5-2-1-3-6-18/h1-17,40H,34H2,(H,35,41)(H,42,43,44)(H,45,46,47)(H,48,49,50). The van der Waals surface area contributed by atoms with Crippen LogP contribution in [0.5, 0.6) is 5.75 Å². The average molecular weight is 777 g/mol. The van der Waals surface area contributed by atoms with Crippen molar-refractivity contribution in [2.75, 3.05) is 11.1 Å². The SMILES string of the molecule is Nc1cc2c(O)c(N=Nc3ccc(N=Nc4cccc(NC(=O)c5ccccc5)c4)c4ccc(S(=O)(=O)O)cc34)c(S(=O)(=O)O)cc2cc1S(=O)(=O)O. The van der Waals surface area contributed by atoms with Gasteiger partial charge in [-0.15, -0.1) is 15.3 Å². The highest BCUT2D eigenvalue weighted by Gasteiger charge is 2.25. The lowest BCUT2D eigenvalue weighted by atomic mass is 10.1. The number of rotatable bonds is 9. The molecule has 6 aromatic rings. The topological polar surface area (TPSA) is 288 Å². The molecule has 0 atom stereocenters. The summed E-state index contributed by atoms with van der Waals surface area (Å²) in [5, 5.41) is 29.9. The van der Waals surface area contributed by atoms with Crippen LogP contribution in [0.15, 0.2) is 138 Å². The average Bonchev–Trinajstić information content (AvgIpc) is 3.09. The van der Waals surface area contributed by atoms with Crippen LogP contribution in [-0.4, -0.2) is 49.9 Å². The molecule has 6 aromatic carbocycles. The Morgan fingerprint density at radius 1 is 0.604 bits per heavy atom. The summed E-state index contributed by atoms with van der Waals surface area (Å²) in [6, 6.07) is 23.6. The zero-order valence-electron chi connectivity index (χ0n) is 26.6. The predicted molar refractivity (Wildman–Crippen MR) is 193 cm³/mol. The zero-order chi connectivity index (χ0) is 38.3. The van der Waals surface area contributed by atoms with Crippen molar-refractivity contribution in [3.05, 3.63) is 109 Å². The van der Waals surface area contributed by atoms with E-state index >= 15 is 0 Å². The van der Waals surface area contributed by atoms with Crippen molar-refractivity contribution in [1.29, 1.82) is 0 Å². The van der Waals surface area contributed by atoms with Crippen molar-refractivity contribution in [2.24, 2.45) is 20.5 Å². The van der Waals surface area contributed by atoms with Gasteiger partial charge in [-0.2, -0.15) is 30.4 Å². The van der Waals surface area contributed by atoms with E-state index in [9.17, 15) is 48.8 Å². The fraction of sp³-hybridized carbons (Fsp3) is 0. The molecule has 0 spiro atoms. The second kappa shape index (κ2) is 13.8. The highest BCUT2D eigenvalue weighted by atomic mass is 32.2. The number of benzene rings is 6. The Morgan fingerprint density at radius 3 is 1.91 bits per heavy atom. The number of nitrogens with one attached hydrogen (secondary N) is 1. The number of hydrogen-bond acceptors (Lipinski definition) is 13. The Morgan fingerprint density at radius 2 is 1.25 bits per heavy atom. The van der Waals surface area contributed by atoms with E-state index < -0.39 is 62.2 Å². The van der Waals surface area contributed by atoms with Gasteiger partial charge in [0.1, 0.15) is 15.5 Å². The van der Waals surface area contributed by atoms with Gasteiger partial charge in [-0.3, -0.25) is 18.5 Å². The van der Waals surface area contributed by atoms with Crippen molar-refractivity contribution in [3.63, 3.8) is 0 Å². The number of nitrogens with two attached hydrogens (primary N) is 1. The minimum atomic E-state index is -5.16. The summed E-state index contributed by atoms with van der Waals surface area (Å²) < 4.78 is 101. The van der Waals surface area contributed by atoms with Crippen molar-refractivity contribution in [2.45, 2.75) is 14.7 Å². The normalized spacial score (nSPS) is 12.6. The number of amides is 1. The summed E-state index contributed by atoms with van der Waals surface area (Å²) in [6.07, 6.45) is 0. The van der Waals surface area contributed by atoms with E-state index in [1.165, 1.54) is 18.2 Å². The first-order valence-electron chi connectivity index (χ1n) is 14.8. The number of carbonyl (C=O) groups is 1. The molecule has 0 fully saturated rings. The summed E-state index contributed by atoms with van der Waals surface area (Å²) >= 11 is 0. The van der Waals surface area contributed by atoms with Gasteiger partial charge in [0.15, 0.2) is 5.75 Å². The van der Waals surface area contributed by atoms with Gasteiger partial charge in [-0.05, 0) is 78.2 Å². The minimum absolute atomic E-state index is 0.0138. The number of hydrogen-bond donors (Lipinski definition) is 6. The van der Waals surface area contributed by atoms with Gasteiger partial charge >= 0.3 is 0 Å². The number of fused-ring (bicyclic) bond motifs is 2. The molecule has 6 rings (SSSR count). The monoisotopic (exact) mass is 776 g/mol. The van der Waals surface area contributed by atoms with Crippen LogP contribution in [0.4, 0.5) is 34.1 Å². The molecule has 20 heteroatoms. The number of nitrogen functional groups attached to an aromatic ring is 1. The fourth-order valence-electron chi connectivity index (χ4n) is 5.19.